The Morgan fingerprint density at radius 3 is 2.60 bits per heavy atom. The molecule has 0 radical (unpaired) electrons. The van der Waals surface area contributed by atoms with Crippen molar-refractivity contribution in [1.29, 1.82) is 0 Å². The van der Waals surface area contributed by atoms with Crippen LogP contribution in [0.4, 0.5) is 10.5 Å². The number of hydrogen-bond acceptors (Lipinski definition) is 3. The molecule has 5 nitrogen and oxygen atoms in total. The second-order valence-corrected chi connectivity index (χ2v) is 5.63. The first-order valence-electron chi connectivity index (χ1n) is 6.15. The highest BCUT2D eigenvalue weighted by Gasteiger charge is 2.51. The zero-order chi connectivity index (χ0) is 14.4. The number of benzene rings is 1. The molecule has 3 amide bonds. The van der Waals surface area contributed by atoms with Crippen molar-refractivity contribution in [1.82, 2.24) is 4.90 Å². The summed E-state index contributed by atoms with van der Waals surface area (Å²) in [4.78, 5) is 27.4. The summed E-state index contributed by atoms with van der Waals surface area (Å²) in [6.07, 6.45) is 0.447. The van der Waals surface area contributed by atoms with Crippen molar-refractivity contribution in [3.63, 3.8) is 0 Å². The highest BCUT2D eigenvalue weighted by atomic mass is 35.5. The van der Waals surface area contributed by atoms with E-state index in [0.29, 0.717) is 28.7 Å². The summed E-state index contributed by atoms with van der Waals surface area (Å²) in [6.45, 7) is 0.434. The molecule has 1 aromatic rings. The van der Waals surface area contributed by atoms with Crippen LogP contribution < -0.4 is 4.90 Å². The molecule has 1 aromatic carbocycles. The van der Waals surface area contributed by atoms with E-state index in [4.69, 9.17) is 27.9 Å². The molecule has 0 bridgehead atoms. The van der Waals surface area contributed by atoms with E-state index in [9.17, 15) is 9.59 Å². The number of imide groups is 1. The fourth-order valence-corrected chi connectivity index (χ4v) is 2.94. The number of anilines is 1. The summed E-state index contributed by atoms with van der Waals surface area (Å²) < 4.78 is 5.22. The number of carbonyl (C=O) groups excluding carboxylic acids is 2. The van der Waals surface area contributed by atoms with Gasteiger partial charge >= 0.3 is 6.03 Å². The number of urea groups is 1. The van der Waals surface area contributed by atoms with Gasteiger partial charge in [0, 0.05) is 20.1 Å². The number of fused-ring (bicyclic) bond motifs is 1. The molecule has 20 heavy (non-hydrogen) atoms. The first kappa shape index (κ1) is 13.7. The molecule has 106 valence electrons. The van der Waals surface area contributed by atoms with Gasteiger partial charge in [0.05, 0.1) is 21.8 Å². The third-order valence-electron chi connectivity index (χ3n) is 3.70. The Labute approximate surface area is 126 Å². The van der Waals surface area contributed by atoms with Gasteiger partial charge < -0.3 is 9.64 Å². The number of rotatable bonds is 2. The van der Waals surface area contributed by atoms with Gasteiger partial charge in [-0.2, -0.15) is 0 Å². The number of amides is 3. The SMILES string of the molecule is COC1CC2C(=O)N(c3ccc(Cl)c(Cl)c3)C(=O)N2C1. The van der Waals surface area contributed by atoms with Gasteiger partial charge in [-0.3, -0.25) is 4.79 Å². The van der Waals surface area contributed by atoms with Crippen LogP contribution in [0.15, 0.2) is 18.2 Å². The van der Waals surface area contributed by atoms with Crippen LogP contribution in [0.1, 0.15) is 6.42 Å². The molecule has 7 heteroatoms. The number of halogens is 2. The molecule has 2 fully saturated rings. The van der Waals surface area contributed by atoms with E-state index in [1.54, 1.807) is 24.1 Å². The van der Waals surface area contributed by atoms with E-state index >= 15 is 0 Å². The average Bonchev–Trinajstić information content (AvgIpc) is 2.94. The number of hydrogen-bond donors (Lipinski definition) is 0. The van der Waals surface area contributed by atoms with Crippen molar-refractivity contribution in [3.8, 4) is 0 Å². The molecule has 0 spiro atoms. The second kappa shape index (κ2) is 4.91. The lowest BCUT2D eigenvalue weighted by atomic mass is 10.2. The van der Waals surface area contributed by atoms with Crippen molar-refractivity contribution in [2.24, 2.45) is 0 Å². The van der Waals surface area contributed by atoms with Gasteiger partial charge in [0.25, 0.3) is 5.91 Å². The third kappa shape index (κ3) is 1.97. The highest BCUT2D eigenvalue weighted by molar-refractivity contribution is 6.42. The standard InChI is InChI=1S/C13H12Cl2N2O3/c1-20-8-5-11-12(18)17(13(19)16(11)6-8)7-2-3-9(14)10(15)4-7/h2-4,8,11H,5-6H2,1H3. The quantitative estimate of drug-likeness (QED) is 0.788. The molecular formula is C13H12Cl2N2O3. The summed E-state index contributed by atoms with van der Waals surface area (Å²) in [5, 5.41) is 0.695. The predicted octanol–water partition coefficient (Wildman–Crippen LogP) is 2.55. The van der Waals surface area contributed by atoms with Crippen LogP contribution in [0.3, 0.4) is 0 Å². The maximum Gasteiger partial charge on any atom is 0.332 e. The minimum absolute atomic E-state index is 0.0798. The smallest absolute Gasteiger partial charge is 0.332 e. The van der Waals surface area contributed by atoms with Crippen molar-refractivity contribution < 1.29 is 14.3 Å². The van der Waals surface area contributed by atoms with Crippen molar-refractivity contribution in [2.75, 3.05) is 18.6 Å². The maximum absolute atomic E-state index is 12.4. The number of carbonyl (C=O) groups is 2. The molecule has 2 heterocycles. The molecule has 2 unspecified atom stereocenters. The fraction of sp³-hybridized carbons (Fsp3) is 0.385. The van der Waals surface area contributed by atoms with Crippen LogP contribution in [0.5, 0.6) is 0 Å². The lowest BCUT2D eigenvalue weighted by Crippen LogP contribution is -2.35. The van der Waals surface area contributed by atoms with Crippen molar-refractivity contribution in [3.05, 3.63) is 28.2 Å². The van der Waals surface area contributed by atoms with Crippen LogP contribution in [0.25, 0.3) is 0 Å². The van der Waals surface area contributed by atoms with E-state index < -0.39 is 6.04 Å². The van der Waals surface area contributed by atoms with Gasteiger partial charge in [-0.25, -0.2) is 9.69 Å². The monoisotopic (exact) mass is 314 g/mol. The lowest BCUT2D eigenvalue weighted by Gasteiger charge is -2.17. The van der Waals surface area contributed by atoms with Gasteiger partial charge in [-0.15, -0.1) is 0 Å². The third-order valence-corrected chi connectivity index (χ3v) is 4.44. The Bertz CT molecular complexity index is 569. The zero-order valence-electron chi connectivity index (χ0n) is 10.7. The molecular weight excluding hydrogens is 303 g/mol. The second-order valence-electron chi connectivity index (χ2n) is 4.82. The Morgan fingerprint density at radius 1 is 1.25 bits per heavy atom. The van der Waals surface area contributed by atoms with E-state index in [0.717, 1.165) is 4.90 Å². The molecule has 0 aliphatic carbocycles. The largest absolute Gasteiger partial charge is 0.380 e. The average molecular weight is 315 g/mol. The molecule has 0 N–H and O–H groups in total. The first-order valence-corrected chi connectivity index (χ1v) is 6.91. The molecule has 0 aromatic heterocycles. The highest BCUT2D eigenvalue weighted by Crippen LogP contribution is 2.34. The van der Waals surface area contributed by atoms with Crippen LogP contribution in [0.2, 0.25) is 10.0 Å². The summed E-state index contributed by atoms with van der Waals surface area (Å²) in [6, 6.07) is 3.93. The van der Waals surface area contributed by atoms with Gasteiger partial charge in [-0.05, 0) is 18.2 Å². The van der Waals surface area contributed by atoms with E-state index in [2.05, 4.69) is 0 Å². The van der Waals surface area contributed by atoms with E-state index in [-0.39, 0.29) is 18.0 Å². The van der Waals surface area contributed by atoms with E-state index in [1.807, 2.05) is 0 Å². The zero-order valence-corrected chi connectivity index (χ0v) is 12.2. The Hall–Kier alpha value is -1.30. The van der Waals surface area contributed by atoms with Gasteiger partial charge in [0.15, 0.2) is 0 Å². The molecule has 2 aliphatic rings. The summed E-state index contributed by atoms with van der Waals surface area (Å²) in [7, 11) is 1.58. The van der Waals surface area contributed by atoms with Gasteiger partial charge in [0.1, 0.15) is 6.04 Å². The normalized spacial score (nSPS) is 25.6. The Kier molecular flexibility index (Phi) is 3.36. The molecule has 0 saturated carbocycles. The Morgan fingerprint density at radius 2 is 2.00 bits per heavy atom. The predicted molar refractivity (Wildman–Crippen MR) is 75.3 cm³/mol. The molecule has 2 saturated heterocycles. The van der Waals surface area contributed by atoms with Crippen molar-refractivity contribution in [2.45, 2.75) is 18.6 Å². The molecule has 2 atom stereocenters. The minimum atomic E-state index is -0.443. The molecule has 3 rings (SSSR count). The van der Waals surface area contributed by atoms with Crippen LogP contribution >= 0.6 is 23.2 Å². The fourth-order valence-electron chi connectivity index (χ4n) is 2.65. The first-order chi connectivity index (χ1) is 9.52. The maximum atomic E-state index is 12.4. The van der Waals surface area contributed by atoms with Crippen molar-refractivity contribution >= 4 is 40.8 Å². The summed E-state index contributed by atoms with van der Waals surface area (Å²) >= 11 is 11.8. The number of methoxy groups -OCH3 is 1. The lowest BCUT2D eigenvalue weighted by molar-refractivity contribution is -0.119. The number of ether oxygens (including phenoxy) is 1. The van der Waals surface area contributed by atoms with Crippen LogP contribution in [-0.4, -0.2) is 42.6 Å². The van der Waals surface area contributed by atoms with E-state index in [1.165, 1.54) is 6.07 Å². The minimum Gasteiger partial charge on any atom is -0.380 e. The Balaban J connectivity index is 1.91. The number of nitrogens with zero attached hydrogens (tertiary/aromatic N) is 2. The van der Waals surface area contributed by atoms with Gasteiger partial charge in [0.2, 0.25) is 0 Å². The molecule has 2 aliphatic heterocycles. The van der Waals surface area contributed by atoms with Crippen LogP contribution in [0, 0.1) is 0 Å². The summed E-state index contributed by atoms with van der Waals surface area (Å²) in [5.74, 6) is -0.243. The van der Waals surface area contributed by atoms with Crippen LogP contribution in [-0.2, 0) is 9.53 Å². The topological polar surface area (TPSA) is 49.9 Å². The summed E-state index contributed by atoms with van der Waals surface area (Å²) in [5.41, 5.74) is 0.442. The van der Waals surface area contributed by atoms with Gasteiger partial charge in [-0.1, -0.05) is 23.2 Å².